The Bertz CT molecular complexity index is 1480. The minimum Gasteiger partial charge on any atom is -0.462 e. The third kappa shape index (κ3) is 4.23. The number of hydrogen-bond donors (Lipinski definition) is 0. The molecule has 0 amide bonds. The second-order valence-electron chi connectivity index (χ2n) is 10.5. The molecular weight excluding hydrogens is 500 g/mol. The summed E-state index contributed by atoms with van der Waals surface area (Å²) in [5, 5.41) is 11.3. The number of rotatable bonds is 5. The van der Waals surface area contributed by atoms with Crippen molar-refractivity contribution in [2.24, 2.45) is 0 Å². The van der Waals surface area contributed by atoms with Crippen LogP contribution < -0.4 is 14.5 Å². The van der Waals surface area contributed by atoms with Gasteiger partial charge < -0.3 is 19.4 Å². The van der Waals surface area contributed by atoms with Crippen molar-refractivity contribution in [3.63, 3.8) is 0 Å². The van der Waals surface area contributed by atoms with E-state index >= 15 is 0 Å². The van der Waals surface area contributed by atoms with E-state index in [-0.39, 0.29) is 0 Å². The lowest BCUT2D eigenvalue weighted by atomic mass is 10.0. The highest BCUT2D eigenvalue weighted by atomic mass is 35.5. The molecule has 0 aliphatic carbocycles. The molecule has 0 bridgehead atoms. The zero-order chi connectivity index (χ0) is 25.6. The van der Waals surface area contributed by atoms with Gasteiger partial charge in [0.2, 0.25) is 0 Å². The van der Waals surface area contributed by atoms with Crippen LogP contribution in [0.2, 0.25) is 5.02 Å². The number of likely N-dealkylation sites (N-methyl/N-ethyl adjacent to an activating group) is 1. The number of benzene rings is 2. The Kier molecular flexibility index (Phi) is 6.05. The van der Waals surface area contributed by atoms with Crippen molar-refractivity contribution in [1.29, 1.82) is 0 Å². The van der Waals surface area contributed by atoms with Gasteiger partial charge >= 0.3 is 6.01 Å². The molecule has 196 valence electrons. The molecule has 9 nitrogen and oxygen atoms in total. The van der Waals surface area contributed by atoms with Gasteiger partial charge in [0.15, 0.2) is 0 Å². The maximum atomic E-state index is 6.69. The summed E-state index contributed by atoms with van der Waals surface area (Å²) < 4.78 is 8.26. The first-order valence-electron chi connectivity index (χ1n) is 13.4. The Balaban J connectivity index is 1.24. The van der Waals surface area contributed by atoms with Crippen LogP contribution in [0.5, 0.6) is 6.01 Å². The van der Waals surface area contributed by atoms with Crippen molar-refractivity contribution in [2.75, 3.05) is 43.1 Å². The quantitative estimate of drug-likeness (QED) is 0.384. The van der Waals surface area contributed by atoms with Crippen LogP contribution in [0, 0.1) is 0 Å². The Hall–Kier alpha value is -3.43. The molecule has 0 N–H and O–H groups in total. The molecule has 5 heterocycles. The fraction of sp³-hybridized carbons (Fsp3) is 0.429. The number of halogens is 1. The van der Waals surface area contributed by atoms with Crippen LogP contribution in [0.1, 0.15) is 29.8 Å². The van der Waals surface area contributed by atoms with E-state index in [4.69, 9.17) is 26.3 Å². The SMILES string of the molecule is CN1CCC[C@H]1COc1nc2c(c(N3CCn4nncc4C3)n1)CCN(c1cccc3cccc(Cl)c13)C2. The van der Waals surface area contributed by atoms with Crippen LogP contribution in [-0.2, 0) is 26.1 Å². The van der Waals surface area contributed by atoms with E-state index in [1.54, 1.807) is 0 Å². The Morgan fingerprint density at radius 1 is 1.00 bits per heavy atom. The van der Waals surface area contributed by atoms with Gasteiger partial charge in [-0.15, -0.1) is 5.10 Å². The van der Waals surface area contributed by atoms with E-state index in [1.807, 2.05) is 23.0 Å². The normalized spacial score (nSPS) is 19.6. The summed E-state index contributed by atoms with van der Waals surface area (Å²) in [6, 6.07) is 13.3. The lowest BCUT2D eigenvalue weighted by Crippen LogP contribution is -2.38. The molecule has 3 aliphatic heterocycles. The summed E-state index contributed by atoms with van der Waals surface area (Å²) >= 11 is 6.69. The number of nitrogens with zero attached hydrogens (tertiary/aromatic N) is 8. The minimum absolute atomic E-state index is 0.405. The zero-order valence-corrected chi connectivity index (χ0v) is 22.3. The molecule has 2 aromatic carbocycles. The second-order valence-corrected chi connectivity index (χ2v) is 10.9. The number of ether oxygens (including phenoxy) is 1. The number of hydrogen-bond acceptors (Lipinski definition) is 8. The van der Waals surface area contributed by atoms with Gasteiger partial charge in [0.25, 0.3) is 0 Å². The molecule has 1 atom stereocenters. The molecule has 1 fully saturated rings. The van der Waals surface area contributed by atoms with Crippen LogP contribution in [0.15, 0.2) is 42.6 Å². The molecule has 3 aliphatic rings. The topological polar surface area (TPSA) is 75.4 Å². The molecule has 0 saturated carbocycles. The lowest BCUT2D eigenvalue weighted by Gasteiger charge is -2.35. The lowest BCUT2D eigenvalue weighted by molar-refractivity contribution is 0.187. The molecular formula is C28H31ClN8O. The summed E-state index contributed by atoms with van der Waals surface area (Å²) in [7, 11) is 2.16. The van der Waals surface area contributed by atoms with E-state index in [9.17, 15) is 0 Å². The number of likely N-dealkylation sites (tertiary alicyclic amines) is 1. The maximum Gasteiger partial charge on any atom is 0.318 e. The zero-order valence-electron chi connectivity index (χ0n) is 21.6. The molecule has 2 aromatic heterocycles. The molecule has 7 rings (SSSR count). The first-order chi connectivity index (χ1) is 18.6. The summed E-state index contributed by atoms with van der Waals surface area (Å²) in [5.74, 6) is 0.979. The minimum atomic E-state index is 0.405. The summed E-state index contributed by atoms with van der Waals surface area (Å²) in [6.45, 7) is 5.61. The monoisotopic (exact) mass is 530 g/mol. The predicted octanol–water partition coefficient (Wildman–Crippen LogP) is 3.93. The molecule has 38 heavy (non-hydrogen) atoms. The van der Waals surface area contributed by atoms with Crippen molar-refractivity contribution in [3.05, 3.63) is 64.6 Å². The van der Waals surface area contributed by atoms with E-state index < -0.39 is 0 Å². The van der Waals surface area contributed by atoms with Gasteiger partial charge in [-0.05, 0) is 50.4 Å². The van der Waals surface area contributed by atoms with Crippen molar-refractivity contribution < 1.29 is 4.74 Å². The molecule has 4 aromatic rings. The third-order valence-corrected chi connectivity index (χ3v) is 8.52. The first kappa shape index (κ1) is 23.7. The van der Waals surface area contributed by atoms with Gasteiger partial charge in [-0.1, -0.05) is 41.1 Å². The number of aromatic nitrogens is 5. The Morgan fingerprint density at radius 3 is 2.76 bits per heavy atom. The number of fused-ring (bicyclic) bond motifs is 3. The Morgan fingerprint density at radius 2 is 1.89 bits per heavy atom. The fourth-order valence-corrected chi connectivity index (χ4v) is 6.36. The van der Waals surface area contributed by atoms with Crippen LogP contribution >= 0.6 is 11.6 Å². The van der Waals surface area contributed by atoms with Crippen molar-refractivity contribution in [3.8, 4) is 6.01 Å². The first-order valence-corrected chi connectivity index (χ1v) is 13.8. The standard InChI is InChI=1S/C28H31ClN8O/c1-34-11-4-7-20(34)18-38-28-31-24-17-35(25-9-3-6-19-5-2-8-23(29)26(19)25)12-10-22(24)27(32-28)36-13-14-37-21(16-36)15-30-33-37/h2-3,5-6,8-9,15,20H,4,7,10-14,16-18H2,1H3/t20-/m0/s1. The van der Waals surface area contributed by atoms with Gasteiger partial charge in [0, 0.05) is 35.8 Å². The van der Waals surface area contributed by atoms with Crippen LogP contribution in [0.25, 0.3) is 10.8 Å². The summed E-state index contributed by atoms with van der Waals surface area (Å²) in [5.41, 5.74) is 4.47. The highest BCUT2D eigenvalue weighted by molar-refractivity contribution is 6.36. The van der Waals surface area contributed by atoms with Gasteiger partial charge in [-0.3, -0.25) is 0 Å². The summed E-state index contributed by atoms with van der Waals surface area (Å²) in [4.78, 5) is 17.1. The fourth-order valence-electron chi connectivity index (χ4n) is 6.08. The highest BCUT2D eigenvalue weighted by Gasteiger charge is 2.29. The Labute approximate surface area is 227 Å². The number of anilines is 2. The van der Waals surface area contributed by atoms with E-state index in [0.29, 0.717) is 25.2 Å². The van der Waals surface area contributed by atoms with Gasteiger partial charge in [-0.25, -0.2) is 4.68 Å². The molecule has 0 unspecified atom stereocenters. The third-order valence-electron chi connectivity index (χ3n) is 8.20. The molecule has 0 radical (unpaired) electrons. The van der Waals surface area contributed by atoms with Crippen LogP contribution in [-0.4, -0.2) is 69.2 Å². The molecule has 10 heteroatoms. The summed E-state index contributed by atoms with van der Waals surface area (Å²) in [6.07, 6.45) is 5.05. The predicted molar refractivity (Wildman–Crippen MR) is 148 cm³/mol. The van der Waals surface area contributed by atoms with E-state index in [0.717, 1.165) is 84.3 Å². The van der Waals surface area contributed by atoms with Crippen molar-refractivity contribution in [1.82, 2.24) is 29.9 Å². The van der Waals surface area contributed by atoms with E-state index in [1.165, 1.54) is 12.0 Å². The average Bonchev–Trinajstić information content (AvgIpc) is 3.59. The van der Waals surface area contributed by atoms with Crippen molar-refractivity contribution >= 4 is 33.9 Å². The highest BCUT2D eigenvalue weighted by Crippen LogP contribution is 2.37. The van der Waals surface area contributed by atoms with Gasteiger partial charge in [-0.2, -0.15) is 9.97 Å². The largest absolute Gasteiger partial charge is 0.462 e. The van der Waals surface area contributed by atoms with Gasteiger partial charge in [0.05, 0.1) is 42.2 Å². The second kappa shape index (κ2) is 9.71. The van der Waals surface area contributed by atoms with E-state index in [2.05, 4.69) is 56.3 Å². The molecule has 1 saturated heterocycles. The molecule has 0 spiro atoms. The van der Waals surface area contributed by atoms with Crippen molar-refractivity contribution in [2.45, 2.75) is 44.9 Å². The van der Waals surface area contributed by atoms with Crippen LogP contribution in [0.4, 0.5) is 11.5 Å². The average molecular weight is 531 g/mol. The maximum absolute atomic E-state index is 6.69. The van der Waals surface area contributed by atoms with Gasteiger partial charge in [0.1, 0.15) is 12.4 Å². The van der Waals surface area contributed by atoms with Crippen LogP contribution in [0.3, 0.4) is 0 Å². The smallest absolute Gasteiger partial charge is 0.318 e.